The van der Waals surface area contributed by atoms with Crippen molar-refractivity contribution < 1.29 is 9.32 Å². The van der Waals surface area contributed by atoms with Gasteiger partial charge in [-0.05, 0) is 13.3 Å². The number of rotatable bonds is 3. The molecule has 0 unspecified atom stereocenters. The number of Topliss-reactive ketones (excluding diaryl/α,β-unsaturated/α-hetero) is 1. The highest BCUT2D eigenvalue weighted by atomic mass is 16.5. The number of carbonyl (C=O) groups is 1. The van der Waals surface area contributed by atoms with Crippen LogP contribution in [0.4, 0.5) is 0 Å². The average Bonchev–Trinajstić information content (AvgIpc) is 2.36. The van der Waals surface area contributed by atoms with Crippen LogP contribution in [0, 0.1) is 0 Å². The second-order valence-corrected chi connectivity index (χ2v) is 2.47. The lowest BCUT2D eigenvalue weighted by Crippen LogP contribution is -1.94. The second-order valence-electron chi connectivity index (χ2n) is 2.47. The lowest BCUT2D eigenvalue weighted by Gasteiger charge is -1.92. The van der Waals surface area contributed by atoms with Crippen LogP contribution >= 0.6 is 0 Å². The highest BCUT2D eigenvalue weighted by Gasteiger charge is 2.10. The molecule has 0 atom stereocenters. The van der Waals surface area contributed by atoms with Gasteiger partial charge < -0.3 is 4.52 Å². The van der Waals surface area contributed by atoms with Gasteiger partial charge in [0.2, 0.25) is 0 Å². The van der Waals surface area contributed by atoms with Crippen LogP contribution in [0.1, 0.15) is 36.4 Å². The van der Waals surface area contributed by atoms with E-state index in [1.165, 1.54) is 13.1 Å². The normalized spacial score (nSPS) is 10.0. The maximum atomic E-state index is 10.9. The Kier molecular flexibility index (Phi) is 2.41. The molecule has 1 aromatic heterocycles. The Balaban J connectivity index is 2.87. The minimum absolute atomic E-state index is 0.0229. The monoisotopic (exact) mass is 153 g/mol. The van der Waals surface area contributed by atoms with E-state index in [0.29, 0.717) is 11.3 Å². The molecule has 0 spiro atoms. The fraction of sp³-hybridized carbons (Fsp3) is 0.500. The summed E-state index contributed by atoms with van der Waals surface area (Å²) in [5, 5.41) is 3.57. The SMILES string of the molecule is CCCc1oncc1C(C)=O. The average molecular weight is 153 g/mol. The molecule has 0 aromatic carbocycles. The highest BCUT2D eigenvalue weighted by Crippen LogP contribution is 2.10. The van der Waals surface area contributed by atoms with Gasteiger partial charge in [0, 0.05) is 6.42 Å². The predicted octanol–water partition coefficient (Wildman–Crippen LogP) is 1.83. The molecule has 1 aromatic rings. The van der Waals surface area contributed by atoms with E-state index in [1.807, 2.05) is 6.92 Å². The van der Waals surface area contributed by atoms with Crippen molar-refractivity contribution in [3.63, 3.8) is 0 Å². The van der Waals surface area contributed by atoms with Crippen LogP contribution in [0.3, 0.4) is 0 Å². The largest absolute Gasteiger partial charge is 0.361 e. The van der Waals surface area contributed by atoms with Crippen molar-refractivity contribution in [1.29, 1.82) is 0 Å². The molecule has 60 valence electrons. The van der Waals surface area contributed by atoms with E-state index < -0.39 is 0 Å². The van der Waals surface area contributed by atoms with Gasteiger partial charge in [0.15, 0.2) is 5.78 Å². The zero-order valence-electron chi connectivity index (χ0n) is 6.76. The summed E-state index contributed by atoms with van der Waals surface area (Å²) in [6, 6.07) is 0. The molecular formula is C8H11NO2. The molecule has 0 amide bonds. The van der Waals surface area contributed by atoms with Crippen LogP contribution in [0.15, 0.2) is 10.7 Å². The summed E-state index contributed by atoms with van der Waals surface area (Å²) >= 11 is 0. The van der Waals surface area contributed by atoms with Gasteiger partial charge in [-0.3, -0.25) is 4.79 Å². The Hall–Kier alpha value is -1.12. The molecule has 3 heteroatoms. The molecule has 1 rings (SSSR count). The van der Waals surface area contributed by atoms with Crippen molar-refractivity contribution in [2.45, 2.75) is 26.7 Å². The summed E-state index contributed by atoms with van der Waals surface area (Å²) in [5.74, 6) is 0.731. The Morgan fingerprint density at radius 3 is 3.00 bits per heavy atom. The third-order valence-corrected chi connectivity index (χ3v) is 1.50. The Morgan fingerprint density at radius 2 is 2.45 bits per heavy atom. The first kappa shape index (κ1) is 7.98. The molecule has 0 saturated heterocycles. The Morgan fingerprint density at radius 1 is 1.73 bits per heavy atom. The molecule has 11 heavy (non-hydrogen) atoms. The third-order valence-electron chi connectivity index (χ3n) is 1.50. The Bertz CT molecular complexity index is 252. The van der Waals surface area contributed by atoms with E-state index in [0.717, 1.165) is 12.8 Å². The molecule has 0 aliphatic rings. The van der Waals surface area contributed by atoms with E-state index in [4.69, 9.17) is 4.52 Å². The van der Waals surface area contributed by atoms with Crippen LogP contribution in [0.2, 0.25) is 0 Å². The first-order valence-corrected chi connectivity index (χ1v) is 3.70. The van der Waals surface area contributed by atoms with Gasteiger partial charge >= 0.3 is 0 Å². The van der Waals surface area contributed by atoms with Crippen LogP contribution in [0.25, 0.3) is 0 Å². The summed E-state index contributed by atoms with van der Waals surface area (Å²) in [7, 11) is 0. The second kappa shape index (κ2) is 3.32. The van der Waals surface area contributed by atoms with E-state index in [9.17, 15) is 4.79 Å². The summed E-state index contributed by atoms with van der Waals surface area (Å²) < 4.78 is 4.90. The Labute approximate surface area is 65.4 Å². The molecule has 3 nitrogen and oxygen atoms in total. The molecule has 0 bridgehead atoms. The van der Waals surface area contributed by atoms with E-state index >= 15 is 0 Å². The van der Waals surface area contributed by atoms with Gasteiger partial charge in [0.05, 0.1) is 11.8 Å². The fourth-order valence-corrected chi connectivity index (χ4v) is 0.958. The summed E-state index contributed by atoms with van der Waals surface area (Å²) in [4.78, 5) is 10.9. The standard InChI is InChI=1S/C8H11NO2/c1-3-4-8-7(6(2)10)5-9-11-8/h5H,3-4H2,1-2H3. The number of hydrogen-bond acceptors (Lipinski definition) is 3. The summed E-state index contributed by atoms with van der Waals surface area (Å²) in [6.07, 6.45) is 3.23. The van der Waals surface area contributed by atoms with Gasteiger partial charge in [0.25, 0.3) is 0 Å². The zero-order valence-corrected chi connectivity index (χ0v) is 6.76. The minimum atomic E-state index is 0.0229. The molecule has 1 heterocycles. The maximum absolute atomic E-state index is 10.9. The van der Waals surface area contributed by atoms with Crippen molar-refractivity contribution in [2.75, 3.05) is 0 Å². The van der Waals surface area contributed by atoms with E-state index in [1.54, 1.807) is 0 Å². The van der Waals surface area contributed by atoms with Gasteiger partial charge in [-0.2, -0.15) is 0 Å². The summed E-state index contributed by atoms with van der Waals surface area (Å²) in [5.41, 5.74) is 0.617. The lowest BCUT2D eigenvalue weighted by atomic mass is 10.1. The van der Waals surface area contributed by atoms with Crippen molar-refractivity contribution in [3.8, 4) is 0 Å². The first-order chi connectivity index (χ1) is 5.25. The molecule has 0 aliphatic carbocycles. The van der Waals surface area contributed by atoms with E-state index in [-0.39, 0.29) is 5.78 Å². The molecule has 0 N–H and O–H groups in total. The number of aromatic nitrogens is 1. The van der Waals surface area contributed by atoms with Gasteiger partial charge in [-0.1, -0.05) is 12.1 Å². The quantitative estimate of drug-likeness (QED) is 0.622. The molecule has 0 saturated carbocycles. The lowest BCUT2D eigenvalue weighted by molar-refractivity contribution is 0.101. The minimum Gasteiger partial charge on any atom is -0.361 e. The predicted molar refractivity (Wildman–Crippen MR) is 40.5 cm³/mol. The number of aryl methyl sites for hydroxylation is 1. The van der Waals surface area contributed by atoms with Crippen molar-refractivity contribution >= 4 is 5.78 Å². The number of ketones is 1. The van der Waals surface area contributed by atoms with Crippen LogP contribution < -0.4 is 0 Å². The maximum Gasteiger partial charge on any atom is 0.164 e. The third kappa shape index (κ3) is 1.67. The van der Waals surface area contributed by atoms with E-state index in [2.05, 4.69) is 5.16 Å². The number of hydrogen-bond donors (Lipinski definition) is 0. The molecule has 0 radical (unpaired) electrons. The van der Waals surface area contributed by atoms with Gasteiger partial charge in [-0.15, -0.1) is 0 Å². The van der Waals surface area contributed by atoms with Gasteiger partial charge in [-0.25, -0.2) is 0 Å². The van der Waals surface area contributed by atoms with Crippen molar-refractivity contribution in [3.05, 3.63) is 17.5 Å². The molecule has 0 fully saturated rings. The first-order valence-electron chi connectivity index (χ1n) is 3.70. The van der Waals surface area contributed by atoms with Crippen molar-refractivity contribution in [2.24, 2.45) is 0 Å². The van der Waals surface area contributed by atoms with Crippen LogP contribution in [-0.4, -0.2) is 10.9 Å². The van der Waals surface area contributed by atoms with Crippen LogP contribution in [-0.2, 0) is 6.42 Å². The topological polar surface area (TPSA) is 43.1 Å². The smallest absolute Gasteiger partial charge is 0.164 e. The molecular weight excluding hydrogens is 142 g/mol. The fourth-order valence-electron chi connectivity index (χ4n) is 0.958. The molecule has 0 aliphatic heterocycles. The van der Waals surface area contributed by atoms with Crippen molar-refractivity contribution in [1.82, 2.24) is 5.16 Å². The number of nitrogens with zero attached hydrogens (tertiary/aromatic N) is 1. The zero-order chi connectivity index (χ0) is 8.27. The van der Waals surface area contributed by atoms with Crippen LogP contribution in [0.5, 0.6) is 0 Å². The van der Waals surface area contributed by atoms with Gasteiger partial charge in [0.1, 0.15) is 5.76 Å². The number of carbonyl (C=O) groups excluding carboxylic acids is 1. The highest BCUT2D eigenvalue weighted by molar-refractivity contribution is 5.94. The summed E-state index contributed by atoms with van der Waals surface area (Å²) in [6.45, 7) is 3.55.